The molecule has 0 unspecified atom stereocenters. The van der Waals surface area contributed by atoms with Crippen LogP contribution in [0, 0.1) is 0 Å². The van der Waals surface area contributed by atoms with E-state index in [1.807, 2.05) is 0 Å². The molecule has 0 bridgehead atoms. The van der Waals surface area contributed by atoms with Crippen LogP contribution in [0.5, 0.6) is 0 Å². The molecule has 2 aromatic rings. The number of rotatable bonds is 20. The zero-order chi connectivity index (χ0) is 27.5. The number of hydrogen-bond acceptors (Lipinski definition) is 2. The van der Waals surface area contributed by atoms with Gasteiger partial charge in [0.1, 0.15) is 0 Å². The fourth-order valence-electron chi connectivity index (χ4n) is 5.39. The van der Waals surface area contributed by atoms with Crippen molar-refractivity contribution in [2.75, 3.05) is 6.61 Å². The standard InChI is InChI=1S/C34H53NO2Si/c1-34(2,3)38(31-25-19-17-20-26-31,32-27-21-18-22-28-32)37-30-24-16-14-12-10-8-6-4-5-7-9-11-13-15-23-29-33(35)36/h4-5,17-22,25-28H,6-16,23-24,29-30H2,1-3H3,(H2,35,36)/b5-4+. The Morgan fingerprint density at radius 3 is 1.55 bits per heavy atom. The summed E-state index contributed by atoms with van der Waals surface area (Å²) in [6.45, 7) is 7.88. The Morgan fingerprint density at radius 2 is 1.11 bits per heavy atom. The van der Waals surface area contributed by atoms with Crippen molar-refractivity contribution in [2.24, 2.45) is 5.73 Å². The van der Waals surface area contributed by atoms with Crippen molar-refractivity contribution in [3.63, 3.8) is 0 Å². The van der Waals surface area contributed by atoms with E-state index >= 15 is 0 Å². The second-order valence-electron chi connectivity index (χ2n) is 11.7. The van der Waals surface area contributed by atoms with Crippen LogP contribution in [0.25, 0.3) is 0 Å². The molecule has 4 heteroatoms. The first-order chi connectivity index (χ1) is 18.4. The summed E-state index contributed by atoms with van der Waals surface area (Å²) in [5.41, 5.74) is 5.17. The monoisotopic (exact) mass is 535 g/mol. The van der Waals surface area contributed by atoms with Crippen LogP contribution in [0.2, 0.25) is 5.04 Å². The van der Waals surface area contributed by atoms with Gasteiger partial charge in [-0.05, 0) is 53.9 Å². The van der Waals surface area contributed by atoms with Gasteiger partial charge in [-0.1, -0.05) is 139 Å². The molecule has 2 rings (SSSR count). The molecule has 0 saturated heterocycles. The molecule has 2 N–H and O–H groups in total. The van der Waals surface area contributed by atoms with E-state index in [0.717, 1.165) is 25.9 Å². The maximum Gasteiger partial charge on any atom is 0.261 e. The molecule has 0 aliphatic carbocycles. The zero-order valence-electron chi connectivity index (χ0n) is 24.4. The van der Waals surface area contributed by atoms with E-state index in [4.69, 9.17) is 10.2 Å². The van der Waals surface area contributed by atoms with Crippen LogP contribution in [-0.4, -0.2) is 20.8 Å². The molecule has 0 aliphatic rings. The first-order valence-electron chi connectivity index (χ1n) is 15.1. The van der Waals surface area contributed by atoms with E-state index in [-0.39, 0.29) is 10.9 Å². The van der Waals surface area contributed by atoms with Crippen molar-refractivity contribution in [3.8, 4) is 0 Å². The van der Waals surface area contributed by atoms with Crippen molar-refractivity contribution in [1.82, 2.24) is 0 Å². The first kappa shape index (κ1) is 32.0. The highest BCUT2D eigenvalue weighted by Crippen LogP contribution is 2.36. The van der Waals surface area contributed by atoms with Crippen LogP contribution >= 0.6 is 0 Å². The van der Waals surface area contributed by atoms with E-state index in [9.17, 15) is 4.79 Å². The lowest BCUT2D eigenvalue weighted by molar-refractivity contribution is -0.118. The van der Waals surface area contributed by atoms with Gasteiger partial charge >= 0.3 is 0 Å². The molecule has 2 aromatic carbocycles. The lowest BCUT2D eigenvalue weighted by atomic mass is 10.1. The third kappa shape index (κ3) is 11.3. The van der Waals surface area contributed by atoms with Gasteiger partial charge in [-0.15, -0.1) is 0 Å². The Balaban J connectivity index is 1.62. The lowest BCUT2D eigenvalue weighted by Gasteiger charge is -2.43. The molecule has 0 aromatic heterocycles. The van der Waals surface area contributed by atoms with Crippen LogP contribution < -0.4 is 16.1 Å². The quantitative estimate of drug-likeness (QED) is 0.106. The van der Waals surface area contributed by atoms with Crippen molar-refractivity contribution in [3.05, 3.63) is 72.8 Å². The summed E-state index contributed by atoms with van der Waals surface area (Å²) in [5, 5.41) is 2.79. The molecule has 1 amide bonds. The topological polar surface area (TPSA) is 52.3 Å². The predicted octanol–water partition coefficient (Wildman–Crippen LogP) is 8.07. The van der Waals surface area contributed by atoms with Crippen LogP contribution in [-0.2, 0) is 9.22 Å². The third-order valence-electron chi connectivity index (χ3n) is 7.46. The Morgan fingerprint density at radius 1 is 0.684 bits per heavy atom. The smallest absolute Gasteiger partial charge is 0.261 e. The molecule has 0 fully saturated rings. The van der Waals surface area contributed by atoms with E-state index in [0.29, 0.717) is 6.42 Å². The van der Waals surface area contributed by atoms with Gasteiger partial charge in [0.2, 0.25) is 5.91 Å². The zero-order valence-corrected chi connectivity index (χ0v) is 25.4. The molecule has 38 heavy (non-hydrogen) atoms. The number of hydrogen-bond donors (Lipinski definition) is 1. The molecular formula is C34H53NO2Si. The minimum absolute atomic E-state index is 0.0509. The van der Waals surface area contributed by atoms with E-state index in [1.165, 1.54) is 74.6 Å². The number of carbonyl (C=O) groups is 1. The fourth-order valence-corrected chi connectivity index (χ4v) is 9.99. The lowest BCUT2D eigenvalue weighted by Crippen LogP contribution is -2.66. The highest BCUT2D eigenvalue weighted by Gasteiger charge is 2.49. The number of primary amides is 1. The van der Waals surface area contributed by atoms with Crippen molar-refractivity contribution >= 4 is 24.6 Å². The van der Waals surface area contributed by atoms with Gasteiger partial charge in [-0.3, -0.25) is 4.79 Å². The van der Waals surface area contributed by atoms with Crippen LogP contribution in [0.1, 0.15) is 111 Å². The minimum Gasteiger partial charge on any atom is -0.407 e. The van der Waals surface area contributed by atoms with Crippen molar-refractivity contribution in [2.45, 2.75) is 116 Å². The molecule has 3 nitrogen and oxygen atoms in total. The van der Waals surface area contributed by atoms with Gasteiger partial charge in [-0.2, -0.15) is 0 Å². The highest BCUT2D eigenvalue weighted by atomic mass is 28.4. The minimum atomic E-state index is -2.39. The predicted molar refractivity (Wildman–Crippen MR) is 167 cm³/mol. The number of amides is 1. The van der Waals surface area contributed by atoms with Crippen LogP contribution in [0.15, 0.2) is 72.8 Å². The first-order valence-corrected chi connectivity index (χ1v) is 17.0. The summed E-state index contributed by atoms with van der Waals surface area (Å²) in [6.07, 6.45) is 21.0. The summed E-state index contributed by atoms with van der Waals surface area (Å²) in [5.74, 6) is -0.173. The third-order valence-corrected chi connectivity index (χ3v) is 12.5. The summed E-state index contributed by atoms with van der Waals surface area (Å²) in [4.78, 5) is 10.7. The maximum atomic E-state index is 10.7. The number of unbranched alkanes of at least 4 members (excludes halogenated alkanes) is 11. The summed E-state index contributed by atoms with van der Waals surface area (Å²) in [7, 11) is -2.39. The highest BCUT2D eigenvalue weighted by molar-refractivity contribution is 6.99. The van der Waals surface area contributed by atoms with Crippen molar-refractivity contribution in [1.29, 1.82) is 0 Å². The number of carbonyl (C=O) groups excluding carboxylic acids is 1. The second-order valence-corrected chi connectivity index (χ2v) is 16.0. The Bertz CT molecular complexity index is 866. The average Bonchev–Trinajstić information content (AvgIpc) is 2.90. The second kappa shape index (κ2) is 18.2. The molecule has 0 atom stereocenters. The largest absolute Gasteiger partial charge is 0.407 e. The summed E-state index contributed by atoms with van der Waals surface area (Å²) in [6, 6.07) is 21.9. The van der Waals surface area contributed by atoms with Crippen molar-refractivity contribution < 1.29 is 9.22 Å². The van der Waals surface area contributed by atoms with Gasteiger partial charge in [0.25, 0.3) is 8.32 Å². The summed E-state index contributed by atoms with van der Waals surface area (Å²) >= 11 is 0. The molecule has 0 spiro atoms. The fraction of sp³-hybridized carbons (Fsp3) is 0.559. The molecule has 0 aliphatic heterocycles. The Labute approximate surface area is 234 Å². The SMILES string of the molecule is CC(C)(C)[Si](OCCCCCCCC/C=C/CCCCCCCC(N)=O)(c1ccccc1)c1ccccc1. The average molecular weight is 536 g/mol. The van der Waals surface area contributed by atoms with Gasteiger partial charge in [0.05, 0.1) is 0 Å². The van der Waals surface area contributed by atoms with E-state index in [2.05, 4.69) is 93.6 Å². The maximum absolute atomic E-state index is 10.7. The number of nitrogens with two attached hydrogens (primary N) is 1. The molecule has 0 saturated carbocycles. The van der Waals surface area contributed by atoms with E-state index < -0.39 is 8.32 Å². The normalized spacial score (nSPS) is 12.3. The van der Waals surface area contributed by atoms with Gasteiger partial charge in [0.15, 0.2) is 0 Å². The summed E-state index contributed by atoms with van der Waals surface area (Å²) < 4.78 is 7.01. The van der Waals surface area contributed by atoms with Gasteiger partial charge in [-0.25, -0.2) is 0 Å². The Kier molecular flexibility index (Phi) is 15.3. The van der Waals surface area contributed by atoms with Gasteiger partial charge < -0.3 is 10.2 Å². The van der Waals surface area contributed by atoms with Gasteiger partial charge in [0, 0.05) is 13.0 Å². The number of benzene rings is 2. The molecule has 0 heterocycles. The number of allylic oxidation sites excluding steroid dienone is 2. The van der Waals surface area contributed by atoms with E-state index in [1.54, 1.807) is 0 Å². The molecule has 210 valence electrons. The molecular weight excluding hydrogens is 482 g/mol. The Hall–Kier alpha value is -2.17. The molecule has 0 radical (unpaired) electrons. The van der Waals surface area contributed by atoms with Crippen LogP contribution in [0.4, 0.5) is 0 Å². The van der Waals surface area contributed by atoms with Crippen LogP contribution in [0.3, 0.4) is 0 Å².